The fraction of sp³-hybridized carbons (Fsp3) is 0.154. The van der Waals surface area contributed by atoms with Gasteiger partial charge < -0.3 is 21.5 Å². The summed E-state index contributed by atoms with van der Waals surface area (Å²) in [6.07, 6.45) is 5.26. The number of ether oxygens (including phenoxy) is 1. The van der Waals surface area contributed by atoms with Crippen LogP contribution in [0.4, 0.5) is 11.4 Å². The molecular weight excluding hydrogens is 230 g/mol. The van der Waals surface area contributed by atoms with E-state index in [1.165, 1.54) is 0 Å². The SMILES string of the molecule is Nc1cc(N)cc(COC(=O)C2=CC=CNC2)c1. The van der Waals surface area contributed by atoms with Gasteiger partial charge in [0.2, 0.25) is 0 Å². The van der Waals surface area contributed by atoms with Crippen LogP contribution in [0, 0.1) is 0 Å². The van der Waals surface area contributed by atoms with Gasteiger partial charge in [0.25, 0.3) is 0 Å². The summed E-state index contributed by atoms with van der Waals surface area (Å²) >= 11 is 0. The molecule has 0 unspecified atom stereocenters. The van der Waals surface area contributed by atoms with Gasteiger partial charge >= 0.3 is 5.97 Å². The Morgan fingerprint density at radius 2 is 2.00 bits per heavy atom. The minimum atomic E-state index is -0.340. The Balaban J connectivity index is 1.97. The zero-order chi connectivity index (χ0) is 13.0. The van der Waals surface area contributed by atoms with Crippen LogP contribution in [-0.2, 0) is 16.1 Å². The van der Waals surface area contributed by atoms with Gasteiger partial charge in [-0.2, -0.15) is 0 Å². The van der Waals surface area contributed by atoms with Crippen molar-refractivity contribution in [2.24, 2.45) is 0 Å². The van der Waals surface area contributed by atoms with Crippen LogP contribution in [0.1, 0.15) is 5.56 Å². The van der Waals surface area contributed by atoms with E-state index >= 15 is 0 Å². The van der Waals surface area contributed by atoms with Crippen LogP contribution in [0.15, 0.2) is 42.1 Å². The van der Waals surface area contributed by atoms with Crippen molar-refractivity contribution in [1.82, 2.24) is 5.32 Å². The van der Waals surface area contributed by atoms with Gasteiger partial charge in [0.05, 0.1) is 5.57 Å². The van der Waals surface area contributed by atoms with E-state index in [4.69, 9.17) is 16.2 Å². The van der Waals surface area contributed by atoms with E-state index in [1.54, 1.807) is 36.6 Å². The fourth-order valence-corrected chi connectivity index (χ4v) is 1.67. The predicted octanol–water partition coefficient (Wildman–Crippen LogP) is 0.937. The summed E-state index contributed by atoms with van der Waals surface area (Å²) in [6.45, 7) is 0.642. The largest absolute Gasteiger partial charge is 0.457 e. The number of nitrogens with one attached hydrogen (secondary N) is 1. The maximum Gasteiger partial charge on any atom is 0.336 e. The molecule has 0 aliphatic carbocycles. The van der Waals surface area contributed by atoms with Gasteiger partial charge in [0.1, 0.15) is 6.61 Å². The molecule has 0 bridgehead atoms. The molecule has 1 aromatic rings. The topological polar surface area (TPSA) is 90.4 Å². The molecule has 0 aromatic heterocycles. The van der Waals surface area contributed by atoms with Gasteiger partial charge in [-0.1, -0.05) is 0 Å². The van der Waals surface area contributed by atoms with Crippen LogP contribution in [0.5, 0.6) is 0 Å². The average molecular weight is 245 g/mol. The van der Waals surface area contributed by atoms with E-state index in [0.29, 0.717) is 23.5 Å². The first-order valence-electron chi connectivity index (χ1n) is 5.56. The summed E-state index contributed by atoms with van der Waals surface area (Å²) in [7, 11) is 0. The minimum absolute atomic E-state index is 0.162. The first-order chi connectivity index (χ1) is 8.65. The number of nitrogens with two attached hydrogens (primary N) is 2. The zero-order valence-electron chi connectivity index (χ0n) is 9.85. The molecule has 1 aliphatic rings. The summed E-state index contributed by atoms with van der Waals surface area (Å²) in [6, 6.07) is 5.12. The van der Waals surface area contributed by atoms with E-state index in [0.717, 1.165) is 5.56 Å². The van der Waals surface area contributed by atoms with E-state index in [-0.39, 0.29) is 12.6 Å². The van der Waals surface area contributed by atoms with Crippen LogP contribution in [0.25, 0.3) is 0 Å². The van der Waals surface area contributed by atoms with Crippen molar-refractivity contribution < 1.29 is 9.53 Å². The highest BCUT2D eigenvalue weighted by atomic mass is 16.5. The number of hydrogen-bond donors (Lipinski definition) is 3. The zero-order valence-corrected chi connectivity index (χ0v) is 9.85. The Kier molecular flexibility index (Phi) is 3.52. The molecule has 2 rings (SSSR count). The molecular formula is C13H15N3O2. The number of benzene rings is 1. The lowest BCUT2D eigenvalue weighted by Crippen LogP contribution is -2.20. The number of anilines is 2. The second-order valence-corrected chi connectivity index (χ2v) is 4.02. The monoisotopic (exact) mass is 245 g/mol. The minimum Gasteiger partial charge on any atom is -0.457 e. The van der Waals surface area contributed by atoms with E-state index in [9.17, 15) is 4.79 Å². The average Bonchev–Trinajstić information content (AvgIpc) is 2.36. The lowest BCUT2D eigenvalue weighted by Gasteiger charge is -2.11. The Bertz CT molecular complexity index is 501. The maximum atomic E-state index is 11.7. The molecule has 94 valence electrons. The number of nitrogen functional groups attached to an aromatic ring is 2. The predicted molar refractivity (Wildman–Crippen MR) is 70.3 cm³/mol. The molecule has 18 heavy (non-hydrogen) atoms. The van der Waals surface area contributed by atoms with Gasteiger partial charge in [0.15, 0.2) is 0 Å². The molecule has 5 N–H and O–H groups in total. The molecule has 0 atom stereocenters. The van der Waals surface area contributed by atoms with Crippen molar-refractivity contribution >= 4 is 17.3 Å². The molecule has 0 radical (unpaired) electrons. The number of carbonyl (C=O) groups is 1. The molecule has 5 nitrogen and oxygen atoms in total. The summed E-state index contributed by atoms with van der Waals surface area (Å²) < 4.78 is 5.19. The van der Waals surface area contributed by atoms with Crippen molar-refractivity contribution in [2.75, 3.05) is 18.0 Å². The molecule has 1 aliphatic heterocycles. The van der Waals surface area contributed by atoms with Crippen LogP contribution >= 0.6 is 0 Å². The molecule has 0 amide bonds. The van der Waals surface area contributed by atoms with Gasteiger partial charge in [-0.05, 0) is 42.1 Å². The summed E-state index contributed by atoms with van der Waals surface area (Å²) in [5, 5.41) is 2.94. The number of allylic oxidation sites excluding steroid dienone is 2. The van der Waals surface area contributed by atoms with E-state index in [1.807, 2.05) is 0 Å². The van der Waals surface area contributed by atoms with E-state index < -0.39 is 0 Å². The molecule has 0 saturated heterocycles. The highest BCUT2D eigenvalue weighted by molar-refractivity contribution is 5.89. The molecule has 1 heterocycles. The Morgan fingerprint density at radius 3 is 2.61 bits per heavy atom. The first-order valence-corrected chi connectivity index (χ1v) is 5.56. The third-order valence-corrected chi connectivity index (χ3v) is 2.47. The Morgan fingerprint density at radius 1 is 1.28 bits per heavy atom. The van der Waals surface area contributed by atoms with Crippen LogP contribution < -0.4 is 16.8 Å². The summed E-state index contributed by atoms with van der Waals surface area (Å²) in [5.41, 5.74) is 13.8. The second-order valence-electron chi connectivity index (χ2n) is 4.02. The highest BCUT2D eigenvalue weighted by Crippen LogP contribution is 2.15. The van der Waals surface area contributed by atoms with Crippen molar-refractivity contribution in [3.63, 3.8) is 0 Å². The Labute approximate surface area is 105 Å². The van der Waals surface area contributed by atoms with Crippen LogP contribution in [-0.4, -0.2) is 12.5 Å². The molecule has 5 heteroatoms. The standard InChI is InChI=1S/C13H15N3O2/c14-11-4-9(5-12(15)6-11)8-18-13(17)10-2-1-3-16-7-10/h1-6,16H,7-8,14-15H2. The number of carbonyl (C=O) groups excluding carboxylic acids is 1. The molecule has 0 fully saturated rings. The molecule has 0 saturated carbocycles. The van der Waals surface area contributed by atoms with Crippen molar-refractivity contribution in [3.05, 3.63) is 47.7 Å². The number of rotatable bonds is 3. The third kappa shape index (κ3) is 3.04. The fourth-order valence-electron chi connectivity index (χ4n) is 1.67. The van der Waals surface area contributed by atoms with Crippen molar-refractivity contribution in [2.45, 2.75) is 6.61 Å². The van der Waals surface area contributed by atoms with Crippen LogP contribution in [0.2, 0.25) is 0 Å². The van der Waals surface area contributed by atoms with Gasteiger partial charge in [-0.15, -0.1) is 0 Å². The lowest BCUT2D eigenvalue weighted by molar-refractivity contribution is -0.140. The lowest BCUT2D eigenvalue weighted by atomic mass is 10.2. The Hall–Kier alpha value is -2.43. The molecule has 1 aromatic carbocycles. The molecule has 0 spiro atoms. The summed E-state index contributed by atoms with van der Waals surface area (Å²) in [4.78, 5) is 11.7. The highest BCUT2D eigenvalue weighted by Gasteiger charge is 2.11. The van der Waals surface area contributed by atoms with Gasteiger partial charge in [-0.3, -0.25) is 0 Å². The van der Waals surface area contributed by atoms with Crippen molar-refractivity contribution in [3.8, 4) is 0 Å². The third-order valence-electron chi connectivity index (χ3n) is 2.47. The summed E-state index contributed by atoms with van der Waals surface area (Å²) in [5.74, 6) is -0.340. The van der Waals surface area contributed by atoms with Gasteiger partial charge in [0, 0.05) is 17.9 Å². The van der Waals surface area contributed by atoms with Gasteiger partial charge in [-0.25, -0.2) is 4.79 Å². The van der Waals surface area contributed by atoms with Crippen LogP contribution in [0.3, 0.4) is 0 Å². The number of hydrogen-bond acceptors (Lipinski definition) is 5. The maximum absolute atomic E-state index is 11.7. The smallest absolute Gasteiger partial charge is 0.336 e. The number of dihydropyridines is 1. The quantitative estimate of drug-likeness (QED) is 0.544. The first kappa shape index (κ1) is 12.0. The van der Waals surface area contributed by atoms with Crippen molar-refractivity contribution in [1.29, 1.82) is 0 Å². The number of esters is 1. The van der Waals surface area contributed by atoms with E-state index in [2.05, 4.69) is 5.32 Å². The second kappa shape index (κ2) is 5.27. The normalized spacial score (nSPS) is 13.7.